The van der Waals surface area contributed by atoms with Gasteiger partial charge in [0.25, 0.3) is 5.97 Å². The van der Waals surface area contributed by atoms with Crippen LogP contribution in [0, 0.1) is 74.9 Å². The van der Waals surface area contributed by atoms with Crippen molar-refractivity contribution in [2.75, 3.05) is 26.3 Å². The molecule has 0 aromatic carbocycles. The summed E-state index contributed by atoms with van der Waals surface area (Å²) in [6.45, 7) is 17.4. The first kappa shape index (κ1) is 43.7. The van der Waals surface area contributed by atoms with Crippen molar-refractivity contribution in [2.24, 2.45) is 86.4 Å². The highest BCUT2D eigenvalue weighted by Crippen LogP contribution is 2.65. The van der Waals surface area contributed by atoms with E-state index in [-0.39, 0.29) is 48.1 Å². The van der Waals surface area contributed by atoms with E-state index in [1.807, 2.05) is 0 Å². The molecule has 6 fully saturated rings. The molecule has 0 aromatic rings. The standard InChI is InChI=1S/C21H39NO2.C21H37NO2.C2H4O2/c2*1-4-14-5-6-18-17(12-22)19(8-10-20(14,18)2)21(3)9-7-16(24)11-15(21)13-23;1-2(3)4/h14-19,23-24H,4-13,22H2,1-3H3;4,15-19,23-24H,5-13,22H2,1-3H3;1H3,(H,3,4)/b;14-4+;/t14-,15+,16-,17-,18-,19-,20+,21-;15-,16+,17+,18+,19+,20-,21+;/m01./s1. The Morgan fingerprint density at radius 2 is 1.12 bits per heavy atom. The van der Waals surface area contributed by atoms with Gasteiger partial charge in [-0.3, -0.25) is 4.79 Å². The molecular formula is C44H80N2O6. The number of carboxylic acid groups (broad SMARTS) is 1. The van der Waals surface area contributed by atoms with Crippen LogP contribution in [-0.4, -0.2) is 70.0 Å². The first-order valence-electron chi connectivity index (χ1n) is 21.4. The first-order valence-corrected chi connectivity index (χ1v) is 21.4. The van der Waals surface area contributed by atoms with Crippen molar-refractivity contribution >= 4 is 5.97 Å². The van der Waals surface area contributed by atoms with E-state index in [2.05, 4.69) is 47.6 Å². The third-order valence-corrected chi connectivity index (χ3v) is 17.4. The Morgan fingerprint density at radius 1 is 0.692 bits per heavy atom. The van der Waals surface area contributed by atoms with Crippen molar-refractivity contribution in [3.63, 3.8) is 0 Å². The zero-order valence-electron chi connectivity index (χ0n) is 34.2. The summed E-state index contributed by atoms with van der Waals surface area (Å²) in [5, 5.41) is 47.6. The predicted octanol–water partition coefficient (Wildman–Crippen LogP) is 7.16. The van der Waals surface area contributed by atoms with E-state index in [0.29, 0.717) is 40.4 Å². The number of nitrogens with two attached hydrogens (primary N) is 2. The van der Waals surface area contributed by atoms with Crippen molar-refractivity contribution < 1.29 is 30.3 Å². The van der Waals surface area contributed by atoms with Gasteiger partial charge < -0.3 is 37.0 Å². The second-order valence-electron chi connectivity index (χ2n) is 19.4. The van der Waals surface area contributed by atoms with Gasteiger partial charge in [0, 0.05) is 20.1 Å². The molecule has 8 nitrogen and oxygen atoms in total. The fourth-order valence-electron chi connectivity index (χ4n) is 14.3. The average Bonchev–Trinajstić information content (AvgIpc) is 3.65. The Balaban J connectivity index is 0.000000211. The Kier molecular flexibility index (Phi) is 15.0. The van der Waals surface area contributed by atoms with E-state index in [1.54, 1.807) is 5.57 Å². The fraction of sp³-hybridized carbons (Fsp3) is 0.932. The van der Waals surface area contributed by atoms with Crippen molar-refractivity contribution in [3.05, 3.63) is 11.6 Å². The Hall–Kier alpha value is -1.03. The van der Waals surface area contributed by atoms with Crippen molar-refractivity contribution in [1.29, 1.82) is 0 Å². The molecule has 6 saturated carbocycles. The van der Waals surface area contributed by atoms with Gasteiger partial charge in [-0.05, 0) is 185 Å². The van der Waals surface area contributed by atoms with Crippen LogP contribution in [0.2, 0.25) is 0 Å². The van der Waals surface area contributed by atoms with Gasteiger partial charge in [-0.2, -0.15) is 0 Å². The summed E-state index contributed by atoms with van der Waals surface area (Å²) in [4.78, 5) is 9.00. The summed E-state index contributed by atoms with van der Waals surface area (Å²) >= 11 is 0. The molecule has 52 heavy (non-hydrogen) atoms. The van der Waals surface area contributed by atoms with Crippen LogP contribution in [-0.2, 0) is 4.79 Å². The molecule has 0 unspecified atom stereocenters. The van der Waals surface area contributed by atoms with Crippen LogP contribution in [0.3, 0.4) is 0 Å². The lowest BCUT2D eigenvalue weighted by Crippen LogP contribution is -2.53. The third kappa shape index (κ3) is 8.24. The van der Waals surface area contributed by atoms with Crippen LogP contribution in [0.15, 0.2) is 11.6 Å². The van der Waals surface area contributed by atoms with Gasteiger partial charge in [0.15, 0.2) is 0 Å². The number of hydrogen-bond donors (Lipinski definition) is 7. The summed E-state index contributed by atoms with van der Waals surface area (Å²) < 4.78 is 0. The molecule has 0 saturated heterocycles. The molecule has 9 N–H and O–H groups in total. The molecular weight excluding hydrogens is 652 g/mol. The number of aliphatic hydroxyl groups is 4. The van der Waals surface area contributed by atoms with E-state index in [4.69, 9.17) is 21.4 Å². The van der Waals surface area contributed by atoms with E-state index in [9.17, 15) is 20.4 Å². The molecule has 6 aliphatic carbocycles. The largest absolute Gasteiger partial charge is 0.481 e. The maximum absolute atomic E-state index is 10.1. The first-order chi connectivity index (χ1) is 24.5. The zero-order chi connectivity index (χ0) is 38.6. The summed E-state index contributed by atoms with van der Waals surface area (Å²) in [5.74, 6) is 4.27. The third-order valence-electron chi connectivity index (χ3n) is 17.4. The van der Waals surface area contributed by atoms with E-state index in [0.717, 1.165) is 70.4 Å². The van der Waals surface area contributed by atoms with Gasteiger partial charge in [0.2, 0.25) is 0 Å². The Bertz CT molecular complexity index is 1190. The van der Waals surface area contributed by atoms with Gasteiger partial charge in [0.05, 0.1) is 12.2 Å². The summed E-state index contributed by atoms with van der Waals surface area (Å²) in [6.07, 6.45) is 18.8. The fourth-order valence-corrected chi connectivity index (χ4v) is 14.3. The lowest BCUT2D eigenvalue weighted by molar-refractivity contribution is -0.134. The van der Waals surface area contributed by atoms with Gasteiger partial charge >= 0.3 is 0 Å². The topological polar surface area (TPSA) is 170 Å². The van der Waals surface area contributed by atoms with Gasteiger partial charge in [0.1, 0.15) is 0 Å². The molecule has 8 heteroatoms. The second kappa shape index (κ2) is 17.8. The van der Waals surface area contributed by atoms with Crippen LogP contribution < -0.4 is 11.5 Å². The van der Waals surface area contributed by atoms with Crippen LogP contribution in [0.1, 0.15) is 145 Å². The number of aliphatic hydroxyl groups excluding tert-OH is 4. The number of allylic oxidation sites excluding steroid dienone is 2. The Morgan fingerprint density at radius 3 is 1.56 bits per heavy atom. The van der Waals surface area contributed by atoms with Crippen LogP contribution >= 0.6 is 0 Å². The SMILES string of the molecule is C/C=C1\CC[C@H]2[C@H](CN)[C@@H]([C@@]3(C)CC[C@H](O)C[C@@H]3CO)CC[C@]12C.CC(=O)O.CC[C@H]1CC[C@H]2[C@H](CN)[C@@H]([C@@]3(C)CC[C@H](O)C[C@@H]3CO)CC[C@]12C. The number of rotatable bonds is 7. The van der Waals surface area contributed by atoms with E-state index >= 15 is 0 Å². The molecule has 0 amide bonds. The number of hydrogen-bond acceptors (Lipinski definition) is 7. The highest BCUT2D eigenvalue weighted by atomic mass is 16.4. The van der Waals surface area contributed by atoms with Gasteiger partial charge in [-0.15, -0.1) is 0 Å². The minimum absolute atomic E-state index is 0.123. The lowest BCUT2D eigenvalue weighted by Gasteiger charge is -2.57. The maximum Gasteiger partial charge on any atom is 0.300 e. The molecule has 6 rings (SSSR count). The molecule has 6 aliphatic rings. The van der Waals surface area contributed by atoms with Crippen LogP contribution in [0.25, 0.3) is 0 Å². The summed E-state index contributed by atoms with van der Waals surface area (Å²) in [5.41, 5.74) is 15.4. The monoisotopic (exact) mass is 733 g/mol. The highest BCUT2D eigenvalue weighted by Gasteiger charge is 2.58. The number of aliphatic carboxylic acids is 1. The minimum Gasteiger partial charge on any atom is -0.481 e. The molecule has 0 bridgehead atoms. The quantitative estimate of drug-likeness (QED) is 0.135. The van der Waals surface area contributed by atoms with Crippen molar-refractivity contribution in [2.45, 2.75) is 157 Å². The van der Waals surface area contributed by atoms with Crippen LogP contribution in [0.5, 0.6) is 0 Å². The van der Waals surface area contributed by atoms with Crippen molar-refractivity contribution in [3.8, 4) is 0 Å². The normalized spacial score (nSPS) is 48.1. The molecule has 0 heterocycles. The Labute approximate surface area is 317 Å². The van der Waals surface area contributed by atoms with Crippen molar-refractivity contribution in [1.82, 2.24) is 0 Å². The van der Waals surface area contributed by atoms with Gasteiger partial charge in [-0.1, -0.05) is 52.7 Å². The summed E-state index contributed by atoms with van der Waals surface area (Å²) in [7, 11) is 0. The molecule has 302 valence electrons. The van der Waals surface area contributed by atoms with Gasteiger partial charge in [-0.25, -0.2) is 0 Å². The molecule has 15 atom stereocenters. The molecule has 0 radical (unpaired) electrons. The summed E-state index contributed by atoms with van der Waals surface area (Å²) in [6, 6.07) is 0. The number of carbonyl (C=O) groups is 1. The molecule has 0 spiro atoms. The highest BCUT2D eigenvalue weighted by molar-refractivity contribution is 5.62. The molecule has 0 aromatic heterocycles. The number of carboxylic acids is 1. The minimum atomic E-state index is -0.833. The maximum atomic E-state index is 10.1. The van der Waals surface area contributed by atoms with Crippen LogP contribution in [0.4, 0.5) is 0 Å². The molecule has 0 aliphatic heterocycles. The van der Waals surface area contributed by atoms with E-state index < -0.39 is 5.97 Å². The van der Waals surface area contributed by atoms with E-state index in [1.165, 1.54) is 57.8 Å². The number of fused-ring (bicyclic) bond motifs is 2. The predicted molar refractivity (Wildman–Crippen MR) is 210 cm³/mol. The second-order valence-corrected chi connectivity index (χ2v) is 19.4. The lowest BCUT2D eigenvalue weighted by atomic mass is 9.48. The zero-order valence-corrected chi connectivity index (χ0v) is 34.2. The smallest absolute Gasteiger partial charge is 0.300 e. The average molecular weight is 733 g/mol.